The van der Waals surface area contributed by atoms with Crippen molar-refractivity contribution in [3.05, 3.63) is 0 Å². The fraction of sp³-hybridized carbons (Fsp3) is 1.00. The highest BCUT2D eigenvalue weighted by Gasteiger charge is 1.80. The molecule has 3 heteroatoms. The first-order chi connectivity index (χ1) is 3.77. The molecule has 0 amide bonds. The summed E-state index contributed by atoms with van der Waals surface area (Å²) in [6.45, 7) is 2.12. The van der Waals surface area contributed by atoms with Crippen LogP contribution in [0.5, 0.6) is 0 Å². The molecule has 0 aliphatic rings. The predicted molar refractivity (Wildman–Crippen MR) is 39.9 cm³/mol. The standard InChI is InChI=1S/C5H12OS2/c1-2-3-4-5-8(6)7/h2-5H2,1H3,(H,6,7)/p-1. The molecule has 0 radical (unpaired) electrons. The summed E-state index contributed by atoms with van der Waals surface area (Å²) in [6.07, 6.45) is 3.35. The van der Waals surface area contributed by atoms with E-state index in [2.05, 4.69) is 18.1 Å². The van der Waals surface area contributed by atoms with Crippen LogP contribution in [0, 0.1) is 0 Å². The summed E-state index contributed by atoms with van der Waals surface area (Å²) in [5, 5.41) is 0. The second-order valence-corrected chi connectivity index (χ2v) is 3.85. The lowest BCUT2D eigenvalue weighted by Crippen LogP contribution is -1.92. The Labute approximate surface area is 57.9 Å². The molecule has 1 unspecified atom stereocenters. The van der Waals surface area contributed by atoms with Crippen molar-refractivity contribution < 1.29 is 4.55 Å². The Hall–Kier alpha value is 0.530. The summed E-state index contributed by atoms with van der Waals surface area (Å²) in [6, 6.07) is 0. The van der Waals surface area contributed by atoms with Gasteiger partial charge in [0.15, 0.2) is 0 Å². The van der Waals surface area contributed by atoms with E-state index in [4.69, 9.17) is 0 Å². The molecule has 0 aliphatic carbocycles. The molecule has 0 aromatic rings. The minimum absolute atomic E-state index is 0.698. The predicted octanol–water partition coefficient (Wildman–Crippen LogP) is 1.39. The average Bonchev–Trinajstić information content (AvgIpc) is 1.66. The summed E-state index contributed by atoms with van der Waals surface area (Å²) in [5.74, 6) is 0.698. The van der Waals surface area contributed by atoms with Crippen molar-refractivity contribution in [3.8, 4) is 0 Å². The van der Waals surface area contributed by atoms with Crippen LogP contribution >= 0.6 is 0 Å². The highest BCUT2D eigenvalue weighted by atomic mass is 32.8. The molecule has 0 saturated heterocycles. The minimum atomic E-state index is -0.984. The van der Waals surface area contributed by atoms with Gasteiger partial charge >= 0.3 is 0 Å². The first kappa shape index (κ1) is 8.53. The van der Waals surface area contributed by atoms with Gasteiger partial charge in [0.1, 0.15) is 0 Å². The smallest absolute Gasteiger partial charge is 0.0156 e. The highest BCUT2D eigenvalue weighted by Crippen LogP contribution is 1.93. The number of hydrogen-bond acceptors (Lipinski definition) is 2. The summed E-state index contributed by atoms with van der Waals surface area (Å²) in [5.41, 5.74) is 0. The third-order valence-electron chi connectivity index (χ3n) is 0.915. The van der Waals surface area contributed by atoms with Crippen molar-refractivity contribution in [3.63, 3.8) is 0 Å². The summed E-state index contributed by atoms with van der Waals surface area (Å²) < 4.78 is 10.2. The fourth-order valence-electron chi connectivity index (χ4n) is 0.470. The molecule has 0 saturated carbocycles. The molecular weight excluding hydrogens is 140 g/mol. The first-order valence-corrected chi connectivity index (χ1v) is 5.07. The van der Waals surface area contributed by atoms with Gasteiger partial charge in [0.25, 0.3) is 0 Å². The van der Waals surface area contributed by atoms with Gasteiger partial charge in [0.2, 0.25) is 0 Å². The maximum absolute atomic E-state index is 10.2. The Morgan fingerprint density at radius 1 is 1.50 bits per heavy atom. The Balaban J connectivity index is 2.82. The lowest BCUT2D eigenvalue weighted by molar-refractivity contribution is 0.606. The van der Waals surface area contributed by atoms with Crippen LogP contribution in [0.2, 0.25) is 0 Å². The summed E-state index contributed by atoms with van der Waals surface area (Å²) in [7, 11) is -0.984. The SMILES string of the molecule is CCCCCS([O-])=S. The molecule has 0 fully saturated rings. The van der Waals surface area contributed by atoms with Crippen molar-refractivity contribution in [2.75, 3.05) is 5.75 Å². The second-order valence-electron chi connectivity index (χ2n) is 1.71. The number of unbranched alkanes of at least 4 members (excludes halogenated alkanes) is 2. The molecule has 0 N–H and O–H groups in total. The van der Waals surface area contributed by atoms with Crippen molar-refractivity contribution in [2.45, 2.75) is 26.2 Å². The van der Waals surface area contributed by atoms with Gasteiger partial charge in [-0.2, -0.15) is 0 Å². The van der Waals surface area contributed by atoms with Gasteiger partial charge in [0, 0.05) is 0 Å². The van der Waals surface area contributed by atoms with Crippen molar-refractivity contribution in [2.24, 2.45) is 0 Å². The van der Waals surface area contributed by atoms with Crippen molar-refractivity contribution in [1.82, 2.24) is 0 Å². The van der Waals surface area contributed by atoms with Crippen LogP contribution in [0.25, 0.3) is 0 Å². The quantitative estimate of drug-likeness (QED) is 0.567. The molecule has 0 spiro atoms. The molecule has 0 heterocycles. The maximum Gasteiger partial charge on any atom is -0.0156 e. The van der Waals surface area contributed by atoms with Crippen LogP contribution in [0.4, 0.5) is 0 Å². The molecule has 0 bridgehead atoms. The molecule has 1 nitrogen and oxygen atoms in total. The van der Waals surface area contributed by atoms with E-state index in [1.807, 2.05) is 0 Å². The van der Waals surface area contributed by atoms with Crippen LogP contribution in [0.3, 0.4) is 0 Å². The fourth-order valence-corrected chi connectivity index (χ4v) is 1.26. The van der Waals surface area contributed by atoms with Gasteiger partial charge in [-0.3, -0.25) is 0 Å². The van der Waals surface area contributed by atoms with Gasteiger partial charge in [-0.1, -0.05) is 31.0 Å². The molecule has 0 aromatic heterocycles. The second kappa shape index (κ2) is 5.66. The Morgan fingerprint density at radius 2 is 2.12 bits per heavy atom. The lowest BCUT2D eigenvalue weighted by Gasteiger charge is -2.05. The van der Waals surface area contributed by atoms with Crippen LogP contribution in [0.15, 0.2) is 0 Å². The van der Waals surface area contributed by atoms with Crippen LogP contribution in [-0.2, 0) is 20.9 Å². The van der Waals surface area contributed by atoms with Gasteiger partial charge in [0.05, 0.1) is 0 Å². The van der Waals surface area contributed by atoms with E-state index in [1.54, 1.807) is 0 Å². The van der Waals surface area contributed by atoms with Crippen molar-refractivity contribution >= 4 is 20.9 Å². The van der Waals surface area contributed by atoms with Gasteiger partial charge < -0.3 is 4.55 Å². The maximum atomic E-state index is 10.2. The van der Waals surface area contributed by atoms with E-state index >= 15 is 0 Å². The molecule has 0 rings (SSSR count). The van der Waals surface area contributed by atoms with E-state index in [0.717, 1.165) is 12.8 Å². The van der Waals surface area contributed by atoms with E-state index in [1.165, 1.54) is 6.42 Å². The zero-order chi connectivity index (χ0) is 6.41. The zero-order valence-corrected chi connectivity index (χ0v) is 6.69. The third kappa shape index (κ3) is 6.53. The zero-order valence-electron chi connectivity index (χ0n) is 5.05. The minimum Gasteiger partial charge on any atom is -0.794 e. The highest BCUT2D eigenvalue weighted by molar-refractivity contribution is 8.25. The largest absolute Gasteiger partial charge is 0.794 e. The van der Waals surface area contributed by atoms with Gasteiger partial charge in [-0.15, -0.1) is 0 Å². The number of rotatable bonds is 4. The monoisotopic (exact) mass is 151 g/mol. The molecule has 50 valence electrons. The van der Waals surface area contributed by atoms with Gasteiger partial charge in [-0.05, 0) is 12.2 Å². The third-order valence-corrected chi connectivity index (χ3v) is 2.04. The van der Waals surface area contributed by atoms with Gasteiger partial charge in [-0.25, -0.2) is 9.74 Å². The summed E-state index contributed by atoms with van der Waals surface area (Å²) >= 11 is 4.46. The molecule has 0 aliphatic heterocycles. The van der Waals surface area contributed by atoms with E-state index in [-0.39, 0.29) is 0 Å². The van der Waals surface area contributed by atoms with Crippen LogP contribution < -0.4 is 0 Å². The number of hydrogen-bond donors (Lipinski definition) is 0. The lowest BCUT2D eigenvalue weighted by atomic mass is 10.3. The first-order valence-electron chi connectivity index (χ1n) is 2.83. The van der Waals surface area contributed by atoms with Crippen molar-refractivity contribution in [1.29, 1.82) is 0 Å². The average molecular weight is 151 g/mol. The molecule has 1 atom stereocenters. The Kier molecular flexibility index (Phi) is 6.04. The molecule has 8 heavy (non-hydrogen) atoms. The molecular formula is C5H11OS2-. The summed E-state index contributed by atoms with van der Waals surface area (Å²) in [4.78, 5) is 0. The van der Waals surface area contributed by atoms with E-state index in [9.17, 15) is 4.55 Å². The Morgan fingerprint density at radius 3 is 2.50 bits per heavy atom. The topological polar surface area (TPSA) is 23.1 Å². The van der Waals surface area contributed by atoms with E-state index < -0.39 is 9.74 Å². The van der Waals surface area contributed by atoms with E-state index in [0.29, 0.717) is 5.75 Å². The normalized spacial score (nSPS) is 13.8. The molecule has 0 aromatic carbocycles. The Bertz CT molecular complexity index is 72.8. The van der Waals surface area contributed by atoms with Crippen LogP contribution in [-0.4, -0.2) is 10.3 Å². The van der Waals surface area contributed by atoms with Crippen LogP contribution in [0.1, 0.15) is 26.2 Å².